The van der Waals surface area contributed by atoms with Crippen LogP contribution in [-0.4, -0.2) is 41.8 Å². The van der Waals surface area contributed by atoms with Crippen molar-refractivity contribution in [2.75, 3.05) is 27.6 Å². The van der Waals surface area contributed by atoms with Crippen LogP contribution in [0.25, 0.3) is 6.08 Å². The first-order valence-electron chi connectivity index (χ1n) is 7.62. The van der Waals surface area contributed by atoms with Crippen molar-refractivity contribution in [2.24, 2.45) is 0 Å². The Morgan fingerprint density at radius 3 is 1.92 bits per heavy atom. The number of ketones is 1. The van der Waals surface area contributed by atoms with Gasteiger partial charge in [0, 0.05) is 23.4 Å². The molecule has 2 aromatic rings. The van der Waals surface area contributed by atoms with Crippen LogP contribution >= 0.6 is 0 Å². The van der Waals surface area contributed by atoms with E-state index in [1.807, 2.05) is 0 Å². The van der Waals surface area contributed by atoms with Gasteiger partial charge in [-0.15, -0.1) is 0 Å². The molecule has 0 fully saturated rings. The first kappa shape index (κ1) is 19.5. The molecule has 6 nitrogen and oxygen atoms in total. The van der Waals surface area contributed by atoms with Gasteiger partial charge in [0.1, 0.15) is 5.75 Å². The lowest BCUT2D eigenvalue weighted by Crippen LogP contribution is -1.99. The third-order valence-electron chi connectivity index (χ3n) is 3.72. The van der Waals surface area contributed by atoms with Gasteiger partial charge in [-0.1, -0.05) is 0 Å². The lowest BCUT2D eigenvalue weighted by atomic mass is 10.1. The second kappa shape index (κ2) is 8.05. The molecule has 0 aromatic heterocycles. The van der Waals surface area contributed by atoms with Gasteiger partial charge in [-0.3, -0.25) is 4.79 Å². The highest BCUT2D eigenvalue weighted by Crippen LogP contribution is 2.35. The van der Waals surface area contributed by atoms with Crippen LogP contribution in [0.5, 0.6) is 17.2 Å². The molecule has 0 aliphatic carbocycles. The van der Waals surface area contributed by atoms with Crippen LogP contribution in [0, 0.1) is 0 Å². The van der Waals surface area contributed by atoms with E-state index in [2.05, 4.69) is 0 Å². The van der Waals surface area contributed by atoms with Gasteiger partial charge in [-0.05, 0) is 42.5 Å². The molecule has 0 atom stereocenters. The van der Waals surface area contributed by atoms with E-state index in [4.69, 9.17) is 14.2 Å². The third-order valence-corrected chi connectivity index (χ3v) is 4.85. The van der Waals surface area contributed by atoms with Crippen LogP contribution in [0.2, 0.25) is 0 Å². The van der Waals surface area contributed by atoms with Crippen LogP contribution in [0.15, 0.2) is 47.4 Å². The Morgan fingerprint density at radius 2 is 1.42 bits per heavy atom. The van der Waals surface area contributed by atoms with Gasteiger partial charge in [-0.25, -0.2) is 8.42 Å². The monoisotopic (exact) mass is 376 g/mol. The summed E-state index contributed by atoms with van der Waals surface area (Å²) in [7, 11) is 1.27. The van der Waals surface area contributed by atoms with Gasteiger partial charge in [0.2, 0.25) is 0 Å². The summed E-state index contributed by atoms with van der Waals surface area (Å²) >= 11 is 0. The Balaban J connectivity index is 2.30. The molecule has 7 heteroatoms. The molecule has 0 aliphatic rings. The summed E-state index contributed by atoms with van der Waals surface area (Å²) in [5.74, 6) is 1.29. The fraction of sp³-hybridized carbons (Fsp3) is 0.211. The van der Waals surface area contributed by atoms with E-state index < -0.39 is 9.84 Å². The van der Waals surface area contributed by atoms with E-state index in [1.54, 1.807) is 18.2 Å². The van der Waals surface area contributed by atoms with Crippen LogP contribution in [0.1, 0.15) is 15.9 Å². The highest BCUT2D eigenvalue weighted by molar-refractivity contribution is 7.90. The quantitative estimate of drug-likeness (QED) is 0.546. The van der Waals surface area contributed by atoms with Gasteiger partial charge >= 0.3 is 0 Å². The van der Waals surface area contributed by atoms with Gasteiger partial charge in [0.25, 0.3) is 0 Å². The fourth-order valence-electron chi connectivity index (χ4n) is 2.31. The Morgan fingerprint density at radius 1 is 0.885 bits per heavy atom. The molecule has 0 N–H and O–H groups in total. The minimum Gasteiger partial charge on any atom is -0.496 e. The van der Waals surface area contributed by atoms with Crippen molar-refractivity contribution < 1.29 is 27.4 Å². The zero-order chi connectivity index (χ0) is 19.3. The highest BCUT2D eigenvalue weighted by Gasteiger charge is 2.11. The lowest BCUT2D eigenvalue weighted by Gasteiger charge is -2.12. The molecule has 0 heterocycles. The molecule has 0 aliphatic heterocycles. The van der Waals surface area contributed by atoms with E-state index in [-0.39, 0.29) is 10.7 Å². The number of carbonyl (C=O) groups is 1. The molecule has 0 amide bonds. The lowest BCUT2D eigenvalue weighted by molar-refractivity contribution is 0.104. The number of hydrogen-bond acceptors (Lipinski definition) is 6. The van der Waals surface area contributed by atoms with E-state index in [0.717, 1.165) is 6.26 Å². The average Bonchev–Trinajstić information content (AvgIpc) is 2.64. The summed E-state index contributed by atoms with van der Waals surface area (Å²) in [6, 6.07) is 9.16. The maximum absolute atomic E-state index is 12.3. The molecule has 2 rings (SSSR count). The summed E-state index contributed by atoms with van der Waals surface area (Å²) in [5, 5.41) is 0. The Bertz CT molecular complexity index is 927. The van der Waals surface area contributed by atoms with Gasteiger partial charge in [-0.2, -0.15) is 0 Å². The molecule has 0 radical (unpaired) electrons. The van der Waals surface area contributed by atoms with Crippen molar-refractivity contribution in [1.82, 2.24) is 0 Å². The summed E-state index contributed by atoms with van der Waals surface area (Å²) in [6.45, 7) is 0. The standard InChI is InChI=1S/C19H20O6S/c1-23-17-12-19(25-3)18(24-2)11-14(17)7-10-16(20)13-5-8-15(9-6-13)26(4,21)22/h5-12H,1-4H3/b10-7+. The number of rotatable bonds is 7. The van der Waals surface area contributed by atoms with E-state index in [9.17, 15) is 13.2 Å². The Labute approximate surface area is 152 Å². The van der Waals surface area contributed by atoms with Gasteiger partial charge in [0.15, 0.2) is 27.1 Å². The summed E-state index contributed by atoms with van der Waals surface area (Å²) in [6.07, 6.45) is 4.11. The Hall–Kier alpha value is -2.80. The second-order valence-corrected chi connectivity index (χ2v) is 7.46. The number of carbonyl (C=O) groups excluding carboxylic acids is 1. The number of hydrogen-bond donors (Lipinski definition) is 0. The van der Waals surface area contributed by atoms with Crippen LogP contribution in [-0.2, 0) is 9.84 Å². The van der Waals surface area contributed by atoms with Crippen molar-refractivity contribution in [3.05, 3.63) is 53.6 Å². The molecular formula is C19H20O6S. The number of methoxy groups -OCH3 is 3. The maximum Gasteiger partial charge on any atom is 0.185 e. The summed E-state index contributed by atoms with van der Waals surface area (Å²) < 4.78 is 38.7. The fourth-order valence-corrected chi connectivity index (χ4v) is 2.94. The molecule has 26 heavy (non-hydrogen) atoms. The van der Waals surface area contributed by atoms with Crippen LogP contribution in [0.3, 0.4) is 0 Å². The highest BCUT2D eigenvalue weighted by atomic mass is 32.2. The number of ether oxygens (including phenoxy) is 3. The minimum absolute atomic E-state index is 0.166. The van der Waals surface area contributed by atoms with E-state index in [0.29, 0.717) is 28.4 Å². The largest absolute Gasteiger partial charge is 0.496 e. The zero-order valence-corrected chi connectivity index (χ0v) is 15.8. The SMILES string of the molecule is COc1cc(OC)c(OC)cc1/C=C/C(=O)c1ccc(S(C)(=O)=O)cc1. The second-order valence-electron chi connectivity index (χ2n) is 5.44. The average molecular weight is 376 g/mol. The number of allylic oxidation sites excluding steroid dienone is 1. The van der Waals surface area contributed by atoms with E-state index in [1.165, 1.54) is 51.7 Å². The minimum atomic E-state index is -3.30. The van der Waals surface area contributed by atoms with Gasteiger partial charge in [0.05, 0.1) is 26.2 Å². The van der Waals surface area contributed by atoms with E-state index >= 15 is 0 Å². The molecule has 0 spiro atoms. The predicted molar refractivity (Wildman–Crippen MR) is 99.0 cm³/mol. The molecule has 138 valence electrons. The molecule has 0 saturated carbocycles. The molecule has 2 aromatic carbocycles. The molecule has 0 unspecified atom stereocenters. The van der Waals surface area contributed by atoms with Crippen molar-refractivity contribution in [2.45, 2.75) is 4.90 Å². The third kappa shape index (κ3) is 4.43. The summed E-state index contributed by atoms with van der Waals surface area (Å²) in [5.41, 5.74) is 1.03. The first-order chi connectivity index (χ1) is 12.3. The molecule has 0 bridgehead atoms. The predicted octanol–water partition coefficient (Wildman–Crippen LogP) is 3.01. The van der Waals surface area contributed by atoms with Crippen molar-refractivity contribution in [3.8, 4) is 17.2 Å². The topological polar surface area (TPSA) is 78.9 Å². The normalized spacial score (nSPS) is 11.4. The number of benzene rings is 2. The van der Waals surface area contributed by atoms with Gasteiger partial charge < -0.3 is 14.2 Å². The molecular weight excluding hydrogens is 356 g/mol. The first-order valence-corrected chi connectivity index (χ1v) is 9.52. The van der Waals surface area contributed by atoms with Crippen LogP contribution in [0.4, 0.5) is 0 Å². The summed E-state index contributed by atoms with van der Waals surface area (Å²) in [4.78, 5) is 12.5. The zero-order valence-electron chi connectivity index (χ0n) is 15.0. The number of sulfone groups is 1. The van der Waals surface area contributed by atoms with Crippen molar-refractivity contribution in [3.63, 3.8) is 0 Å². The smallest absolute Gasteiger partial charge is 0.185 e. The molecule has 0 saturated heterocycles. The maximum atomic E-state index is 12.3. The van der Waals surface area contributed by atoms with Crippen LogP contribution < -0.4 is 14.2 Å². The van der Waals surface area contributed by atoms with Crippen molar-refractivity contribution >= 4 is 21.7 Å². The Kier molecular flexibility index (Phi) is 6.05. The van der Waals surface area contributed by atoms with Crippen molar-refractivity contribution in [1.29, 1.82) is 0 Å².